The third kappa shape index (κ3) is 7.25. The van der Waals surface area contributed by atoms with Crippen LogP contribution in [0.2, 0.25) is 0 Å². The number of urea groups is 1. The van der Waals surface area contributed by atoms with Gasteiger partial charge < -0.3 is 20.2 Å². The Morgan fingerprint density at radius 1 is 1.23 bits per heavy atom. The van der Waals surface area contributed by atoms with Crippen molar-refractivity contribution in [3.63, 3.8) is 0 Å². The van der Waals surface area contributed by atoms with Gasteiger partial charge in [-0.3, -0.25) is 25.0 Å². The second kappa shape index (κ2) is 12.3. The first-order valence-electron chi connectivity index (χ1n) is 12.1. The summed E-state index contributed by atoms with van der Waals surface area (Å²) in [6.45, 7) is 6.52. The maximum atomic E-state index is 12.9. The molecule has 2 aromatic rings. The third-order valence-corrected chi connectivity index (χ3v) is 5.90. The summed E-state index contributed by atoms with van der Waals surface area (Å²) in [7, 11) is 0. The average molecular weight is 543 g/mol. The Hall–Kier alpha value is -4.59. The number of rotatable bonds is 11. The summed E-state index contributed by atoms with van der Waals surface area (Å²) in [6, 6.07) is 4.69. The van der Waals surface area contributed by atoms with Crippen molar-refractivity contribution in [1.82, 2.24) is 15.6 Å². The van der Waals surface area contributed by atoms with Gasteiger partial charge in [0.25, 0.3) is 5.69 Å². The second-order valence-electron chi connectivity index (χ2n) is 9.57. The molecule has 1 aliphatic rings. The first kappa shape index (κ1) is 29.0. The van der Waals surface area contributed by atoms with Crippen LogP contribution in [0.15, 0.2) is 39.9 Å². The summed E-state index contributed by atoms with van der Waals surface area (Å²) >= 11 is 0. The molecule has 39 heavy (non-hydrogen) atoms. The summed E-state index contributed by atoms with van der Waals surface area (Å²) in [5.41, 5.74) is 6.65. The number of hydrogen-bond acceptors (Lipinski definition) is 10. The molecular formula is C25H30N6O8. The highest BCUT2D eigenvalue weighted by Crippen LogP contribution is 2.27. The van der Waals surface area contributed by atoms with Gasteiger partial charge in [-0.1, -0.05) is 27.7 Å². The van der Waals surface area contributed by atoms with Crippen molar-refractivity contribution in [3.05, 3.63) is 51.8 Å². The number of furan rings is 1. The maximum Gasteiger partial charge on any atom is 0.344 e. The molecule has 1 aromatic heterocycles. The van der Waals surface area contributed by atoms with Gasteiger partial charge in [0, 0.05) is 23.3 Å². The van der Waals surface area contributed by atoms with Crippen molar-refractivity contribution < 1.29 is 33.3 Å². The van der Waals surface area contributed by atoms with E-state index >= 15 is 0 Å². The van der Waals surface area contributed by atoms with Crippen molar-refractivity contribution in [2.75, 3.05) is 6.54 Å². The minimum absolute atomic E-state index is 0.107. The molecule has 0 aliphatic carbocycles. The number of carbonyl (C=O) groups is 4. The molecule has 14 nitrogen and oxygen atoms in total. The Balaban J connectivity index is 1.83. The molecule has 3 rings (SSSR count). The van der Waals surface area contributed by atoms with E-state index in [9.17, 15) is 29.3 Å². The molecule has 4 N–H and O–H groups in total. The monoisotopic (exact) mass is 542 g/mol. The normalized spacial score (nSPS) is 15.1. The zero-order valence-corrected chi connectivity index (χ0v) is 21.9. The zero-order chi connectivity index (χ0) is 28.9. The lowest BCUT2D eigenvalue weighted by Crippen LogP contribution is -2.52. The Bertz CT molecular complexity index is 1280. The molecule has 14 heteroatoms. The first-order chi connectivity index (χ1) is 18.4. The summed E-state index contributed by atoms with van der Waals surface area (Å²) in [6.07, 6.45) is 1.19. The largest absolute Gasteiger partial charge is 0.459 e. The number of ether oxygens (including phenoxy) is 1. The highest BCUT2D eigenvalue weighted by Gasteiger charge is 2.30. The van der Waals surface area contributed by atoms with Crippen LogP contribution < -0.4 is 16.4 Å². The Kier molecular flexibility index (Phi) is 9.14. The van der Waals surface area contributed by atoms with E-state index in [-0.39, 0.29) is 42.2 Å². The number of amides is 4. The molecule has 1 aliphatic heterocycles. The average Bonchev–Trinajstić information content (AvgIpc) is 3.44. The molecule has 0 radical (unpaired) electrons. The minimum atomic E-state index is -0.959. The Labute approximate surface area is 223 Å². The highest BCUT2D eigenvalue weighted by molar-refractivity contribution is 6.02. The van der Waals surface area contributed by atoms with Crippen molar-refractivity contribution >= 4 is 35.7 Å². The van der Waals surface area contributed by atoms with Gasteiger partial charge >= 0.3 is 12.0 Å². The third-order valence-electron chi connectivity index (χ3n) is 5.90. The van der Waals surface area contributed by atoms with Crippen LogP contribution in [0.1, 0.15) is 39.0 Å². The lowest BCUT2D eigenvalue weighted by atomic mass is 10.0. The second-order valence-corrected chi connectivity index (χ2v) is 9.57. The number of hydrogen-bond donors (Lipinski definition) is 3. The fourth-order valence-electron chi connectivity index (χ4n) is 3.49. The van der Waals surface area contributed by atoms with E-state index < -0.39 is 40.8 Å². The SMILES string of the molecule is CC(C)C(N)C(=O)NC(C(=O)OCc1cc(-c2ccc([N+](=O)[O-])cc2)oc1/C=N/N1CC(=O)NC1=O)C(C)C. The molecule has 208 valence electrons. The predicted octanol–water partition coefficient (Wildman–Crippen LogP) is 1.91. The van der Waals surface area contributed by atoms with Gasteiger partial charge in [0.1, 0.15) is 25.0 Å². The van der Waals surface area contributed by atoms with Crippen LogP contribution in [0.5, 0.6) is 0 Å². The number of carbonyl (C=O) groups excluding carboxylic acids is 4. The van der Waals surface area contributed by atoms with Crippen LogP contribution in [0.3, 0.4) is 0 Å². The van der Waals surface area contributed by atoms with E-state index in [4.69, 9.17) is 14.9 Å². The van der Waals surface area contributed by atoms with Gasteiger partial charge in [-0.15, -0.1) is 0 Å². The van der Waals surface area contributed by atoms with Gasteiger partial charge in [0.15, 0.2) is 5.76 Å². The summed E-state index contributed by atoms with van der Waals surface area (Å²) in [5, 5.41) is 20.6. The van der Waals surface area contributed by atoms with Crippen LogP contribution >= 0.6 is 0 Å². The van der Waals surface area contributed by atoms with E-state index in [1.54, 1.807) is 33.8 Å². The van der Waals surface area contributed by atoms with Gasteiger partial charge in [0.05, 0.1) is 17.2 Å². The summed E-state index contributed by atoms with van der Waals surface area (Å²) in [4.78, 5) is 59.1. The number of nitrogens with two attached hydrogens (primary N) is 1. The number of nitrogens with one attached hydrogen (secondary N) is 2. The number of nitro benzene ring substituents is 1. The first-order valence-corrected chi connectivity index (χ1v) is 12.1. The van der Waals surface area contributed by atoms with E-state index in [2.05, 4.69) is 15.7 Å². The van der Waals surface area contributed by atoms with Crippen molar-refractivity contribution in [1.29, 1.82) is 0 Å². The molecule has 1 saturated heterocycles. The van der Waals surface area contributed by atoms with Crippen LogP contribution in [0.4, 0.5) is 10.5 Å². The molecule has 2 unspecified atom stereocenters. The smallest absolute Gasteiger partial charge is 0.344 e. The van der Waals surface area contributed by atoms with Gasteiger partial charge in [-0.2, -0.15) is 5.10 Å². The fraction of sp³-hybridized carbons (Fsp3) is 0.400. The maximum absolute atomic E-state index is 12.9. The van der Waals surface area contributed by atoms with Gasteiger partial charge in [0.2, 0.25) is 11.8 Å². The predicted molar refractivity (Wildman–Crippen MR) is 138 cm³/mol. The molecule has 2 atom stereocenters. The van der Waals surface area contributed by atoms with Crippen LogP contribution in [-0.2, 0) is 25.7 Å². The lowest BCUT2D eigenvalue weighted by molar-refractivity contribution is -0.384. The summed E-state index contributed by atoms with van der Waals surface area (Å²) in [5.74, 6) is -1.71. The zero-order valence-electron chi connectivity index (χ0n) is 21.9. The molecule has 4 amide bonds. The van der Waals surface area contributed by atoms with E-state index in [0.717, 1.165) is 5.01 Å². The molecule has 2 heterocycles. The fourth-order valence-corrected chi connectivity index (χ4v) is 3.49. The Morgan fingerprint density at radius 3 is 2.44 bits per heavy atom. The number of imide groups is 1. The quantitative estimate of drug-likeness (QED) is 0.125. The Morgan fingerprint density at radius 2 is 1.90 bits per heavy atom. The van der Waals surface area contributed by atoms with Gasteiger partial charge in [-0.25, -0.2) is 14.6 Å². The molecule has 0 saturated carbocycles. The van der Waals surface area contributed by atoms with Crippen LogP contribution in [0.25, 0.3) is 11.3 Å². The number of benzene rings is 1. The van der Waals surface area contributed by atoms with E-state index in [0.29, 0.717) is 11.1 Å². The topological polar surface area (TPSA) is 199 Å². The molecule has 0 spiro atoms. The van der Waals surface area contributed by atoms with Crippen molar-refractivity contribution in [2.45, 2.75) is 46.4 Å². The highest BCUT2D eigenvalue weighted by atomic mass is 16.6. The summed E-state index contributed by atoms with van der Waals surface area (Å²) < 4.78 is 11.3. The van der Waals surface area contributed by atoms with E-state index in [1.807, 2.05) is 0 Å². The molecule has 0 bridgehead atoms. The number of nitro groups is 1. The number of hydrazone groups is 1. The lowest BCUT2D eigenvalue weighted by Gasteiger charge is -2.23. The number of esters is 1. The minimum Gasteiger partial charge on any atom is -0.459 e. The van der Waals surface area contributed by atoms with Crippen LogP contribution in [0, 0.1) is 22.0 Å². The molecular weight excluding hydrogens is 512 g/mol. The number of nitrogens with zero attached hydrogens (tertiary/aromatic N) is 3. The number of non-ortho nitro benzene ring substituents is 1. The van der Waals surface area contributed by atoms with Gasteiger partial charge in [-0.05, 0) is 30.0 Å². The van der Waals surface area contributed by atoms with Crippen LogP contribution in [-0.4, -0.2) is 58.6 Å². The molecule has 1 aromatic carbocycles. The van der Waals surface area contributed by atoms with E-state index in [1.165, 1.54) is 30.5 Å². The van der Waals surface area contributed by atoms with Crippen molar-refractivity contribution in [3.8, 4) is 11.3 Å². The molecule has 1 fully saturated rings. The standard InChI is InChI=1S/C25H30N6O8/c1-13(2)21(26)23(33)29-22(14(3)4)24(34)38-12-16-9-18(15-5-7-17(8-6-15)31(36)37)39-19(16)10-27-30-11-20(32)28-25(30)35/h5-10,13-14,21-22H,11-12,26H2,1-4H3,(H,29,33)(H,28,32,35)/b27-10+. The van der Waals surface area contributed by atoms with Crippen molar-refractivity contribution in [2.24, 2.45) is 22.7 Å².